The maximum absolute atomic E-state index is 13.1. The molecule has 154 valence electrons. The molecule has 3 aromatic rings. The number of fused-ring (bicyclic) bond motifs is 1. The van der Waals surface area contributed by atoms with Gasteiger partial charge in [-0.2, -0.15) is 0 Å². The van der Waals surface area contributed by atoms with Crippen molar-refractivity contribution in [2.24, 2.45) is 0 Å². The highest BCUT2D eigenvalue weighted by Crippen LogP contribution is 2.34. The Kier molecular flexibility index (Phi) is 5.09. The van der Waals surface area contributed by atoms with E-state index in [4.69, 9.17) is 9.47 Å². The predicted octanol–water partition coefficient (Wildman–Crippen LogP) is 3.00. The van der Waals surface area contributed by atoms with Crippen LogP contribution in [0.4, 0.5) is 5.69 Å². The second-order valence-corrected chi connectivity index (χ2v) is 6.88. The number of aromatic nitrogens is 2. The van der Waals surface area contributed by atoms with Crippen LogP contribution in [0.2, 0.25) is 0 Å². The predicted molar refractivity (Wildman–Crippen MR) is 108 cm³/mol. The standard InChI is InChI=1S/C21H20N4O5/c1-29-19-10-14-5-7-23(12-16(14)11-20(19)30-2)21(26)15-3-4-17(18(9-15)25(27)28)24-8-6-22-13-24/h3-4,6,8-11,13H,5,7,12H2,1-2H3. The van der Waals surface area contributed by atoms with Gasteiger partial charge in [0.05, 0.1) is 25.5 Å². The lowest BCUT2D eigenvalue weighted by molar-refractivity contribution is -0.384. The number of hydrogen-bond donors (Lipinski definition) is 0. The van der Waals surface area contributed by atoms with Crippen molar-refractivity contribution >= 4 is 11.6 Å². The van der Waals surface area contributed by atoms with E-state index in [1.807, 2.05) is 12.1 Å². The molecular formula is C21H20N4O5. The number of hydrogen-bond acceptors (Lipinski definition) is 6. The molecule has 9 heteroatoms. The molecule has 0 atom stereocenters. The highest BCUT2D eigenvalue weighted by molar-refractivity contribution is 5.95. The van der Waals surface area contributed by atoms with Gasteiger partial charge in [-0.3, -0.25) is 14.9 Å². The van der Waals surface area contributed by atoms with E-state index in [0.29, 0.717) is 36.7 Å². The number of benzene rings is 2. The molecule has 0 radical (unpaired) electrons. The third-order valence-corrected chi connectivity index (χ3v) is 5.21. The smallest absolute Gasteiger partial charge is 0.294 e. The number of carbonyl (C=O) groups excluding carboxylic acids is 1. The van der Waals surface area contributed by atoms with Crippen LogP contribution in [-0.4, -0.2) is 46.0 Å². The lowest BCUT2D eigenvalue weighted by atomic mass is 9.98. The lowest BCUT2D eigenvalue weighted by Crippen LogP contribution is -2.36. The Hall–Kier alpha value is -3.88. The Bertz CT molecular complexity index is 1110. The molecule has 1 aromatic heterocycles. The molecule has 0 saturated carbocycles. The highest BCUT2D eigenvalue weighted by Gasteiger charge is 2.26. The van der Waals surface area contributed by atoms with Gasteiger partial charge in [-0.15, -0.1) is 0 Å². The summed E-state index contributed by atoms with van der Waals surface area (Å²) in [7, 11) is 3.15. The molecular weight excluding hydrogens is 388 g/mol. The quantitative estimate of drug-likeness (QED) is 0.475. The van der Waals surface area contributed by atoms with Crippen LogP contribution in [0.15, 0.2) is 49.1 Å². The highest BCUT2D eigenvalue weighted by atomic mass is 16.6. The molecule has 0 aliphatic carbocycles. The van der Waals surface area contributed by atoms with Crippen molar-refractivity contribution in [2.45, 2.75) is 13.0 Å². The fourth-order valence-corrected chi connectivity index (χ4v) is 3.66. The van der Waals surface area contributed by atoms with Crippen LogP contribution in [-0.2, 0) is 13.0 Å². The van der Waals surface area contributed by atoms with Crippen molar-refractivity contribution in [3.63, 3.8) is 0 Å². The number of carbonyl (C=O) groups is 1. The van der Waals surface area contributed by atoms with E-state index in [1.54, 1.807) is 42.0 Å². The van der Waals surface area contributed by atoms with Gasteiger partial charge in [0.2, 0.25) is 0 Å². The molecule has 4 rings (SSSR count). The number of imidazole rings is 1. The summed E-state index contributed by atoms with van der Waals surface area (Å²) in [6.45, 7) is 0.907. The molecule has 30 heavy (non-hydrogen) atoms. The molecule has 2 heterocycles. The van der Waals surface area contributed by atoms with Crippen LogP contribution in [0, 0.1) is 10.1 Å². The maximum Gasteiger partial charge on any atom is 0.294 e. The normalized spacial score (nSPS) is 12.9. The summed E-state index contributed by atoms with van der Waals surface area (Å²) in [5.41, 5.74) is 2.54. The Morgan fingerprint density at radius 2 is 1.87 bits per heavy atom. The fourth-order valence-electron chi connectivity index (χ4n) is 3.66. The number of ether oxygens (including phenoxy) is 2. The van der Waals surface area contributed by atoms with E-state index >= 15 is 0 Å². The van der Waals surface area contributed by atoms with Crippen LogP contribution in [0.25, 0.3) is 5.69 Å². The van der Waals surface area contributed by atoms with Crippen LogP contribution < -0.4 is 9.47 Å². The van der Waals surface area contributed by atoms with E-state index in [-0.39, 0.29) is 17.2 Å². The number of nitro groups is 1. The lowest BCUT2D eigenvalue weighted by Gasteiger charge is -2.29. The second-order valence-electron chi connectivity index (χ2n) is 6.88. The molecule has 0 spiro atoms. The fraction of sp³-hybridized carbons (Fsp3) is 0.238. The molecule has 0 fully saturated rings. The minimum atomic E-state index is -0.491. The Balaban J connectivity index is 1.63. The zero-order valence-corrected chi connectivity index (χ0v) is 16.6. The van der Waals surface area contributed by atoms with E-state index < -0.39 is 4.92 Å². The zero-order valence-electron chi connectivity index (χ0n) is 16.6. The number of amides is 1. The summed E-state index contributed by atoms with van der Waals surface area (Å²) in [5.74, 6) is 1.00. The van der Waals surface area contributed by atoms with Gasteiger partial charge in [0, 0.05) is 37.1 Å². The van der Waals surface area contributed by atoms with Gasteiger partial charge in [-0.1, -0.05) is 0 Å². The van der Waals surface area contributed by atoms with Crippen LogP contribution in [0.3, 0.4) is 0 Å². The second kappa shape index (κ2) is 7.86. The van der Waals surface area contributed by atoms with Gasteiger partial charge in [-0.25, -0.2) is 4.98 Å². The van der Waals surface area contributed by atoms with Gasteiger partial charge < -0.3 is 18.9 Å². The average molecular weight is 408 g/mol. The molecule has 1 amide bonds. The number of nitro benzene ring substituents is 1. The maximum atomic E-state index is 13.1. The molecule has 0 N–H and O–H groups in total. The van der Waals surface area contributed by atoms with Gasteiger partial charge >= 0.3 is 0 Å². The zero-order chi connectivity index (χ0) is 21.3. The van der Waals surface area contributed by atoms with Crippen molar-refractivity contribution in [3.05, 3.63) is 75.9 Å². The summed E-state index contributed by atoms with van der Waals surface area (Å²) in [6.07, 6.45) is 5.30. The Morgan fingerprint density at radius 3 is 2.50 bits per heavy atom. The van der Waals surface area contributed by atoms with Crippen LogP contribution in [0.5, 0.6) is 11.5 Å². The molecule has 1 aliphatic rings. The summed E-state index contributed by atoms with van der Waals surface area (Å²) in [4.78, 5) is 29.8. The molecule has 0 unspecified atom stereocenters. The van der Waals surface area contributed by atoms with Gasteiger partial charge in [-0.05, 0) is 41.8 Å². The molecule has 0 saturated heterocycles. The topological polar surface area (TPSA) is 99.7 Å². The van der Waals surface area contributed by atoms with Gasteiger partial charge in [0.15, 0.2) is 11.5 Å². The minimum Gasteiger partial charge on any atom is -0.493 e. The number of methoxy groups -OCH3 is 2. The molecule has 0 bridgehead atoms. The van der Waals surface area contributed by atoms with E-state index in [1.165, 1.54) is 18.6 Å². The third kappa shape index (κ3) is 3.45. The number of nitrogens with zero attached hydrogens (tertiary/aromatic N) is 4. The van der Waals surface area contributed by atoms with Crippen LogP contribution in [0.1, 0.15) is 21.5 Å². The van der Waals surface area contributed by atoms with Gasteiger partial charge in [0.25, 0.3) is 11.6 Å². The summed E-state index contributed by atoms with van der Waals surface area (Å²) in [6, 6.07) is 8.30. The summed E-state index contributed by atoms with van der Waals surface area (Å²) >= 11 is 0. The van der Waals surface area contributed by atoms with Crippen molar-refractivity contribution in [1.29, 1.82) is 0 Å². The molecule has 9 nitrogen and oxygen atoms in total. The molecule has 1 aliphatic heterocycles. The van der Waals surface area contributed by atoms with Crippen LogP contribution >= 0.6 is 0 Å². The first-order valence-electron chi connectivity index (χ1n) is 9.31. The third-order valence-electron chi connectivity index (χ3n) is 5.21. The van der Waals surface area contributed by atoms with E-state index in [9.17, 15) is 14.9 Å². The Morgan fingerprint density at radius 1 is 1.13 bits per heavy atom. The largest absolute Gasteiger partial charge is 0.493 e. The number of rotatable bonds is 5. The van der Waals surface area contributed by atoms with Crippen molar-refractivity contribution in [2.75, 3.05) is 20.8 Å². The van der Waals surface area contributed by atoms with Crippen molar-refractivity contribution < 1.29 is 19.2 Å². The summed E-state index contributed by atoms with van der Waals surface area (Å²) in [5, 5.41) is 11.6. The monoisotopic (exact) mass is 408 g/mol. The Labute approximate surface area is 172 Å². The van der Waals surface area contributed by atoms with E-state index in [0.717, 1.165) is 11.1 Å². The van der Waals surface area contributed by atoms with E-state index in [2.05, 4.69) is 4.98 Å². The SMILES string of the molecule is COc1cc2c(cc1OC)CN(C(=O)c1ccc(-n3ccnc3)c([N+](=O)[O-])c1)CC2. The first kappa shape index (κ1) is 19.4. The first-order chi connectivity index (χ1) is 14.5. The summed E-state index contributed by atoms with van der Waals surface area (Å²) < 4.78 is 12.3. The average Bonchev–Trinajstić information content (AvgIpc) is 3.31. The first-order valence-corrected chi connectivity index (χ1v) is 9.31. The van der Waals surface area contributed by atoms with Gasteiger partial charge in [0.1, 0.15) is 5.69 Å². The van der Waals surface area contributed by atoms with Crippen molar-refractivity contribution in [3.8, 4) is 17.2 Å². The molecule has 2 aromatic carbocycles. The van der Waals surface area contributed by atoms with Crippen molar-refractivity contribution in [1.82, 2.24) is 14.5 Å². The minimum absolute atomic E-state index is 0.150.